The number of aromatic nitrogens is 1. The van der Waals surface area contributed by atoms with E-state index in [0.717, 1.165) is 18.5 Å². The third-order valence-electron chi connectivity index (χ3n) is 2.07. The second kappa shape index (κ2) is 2.59. The Kier molecular flexibility index (Phi) is 1.57. The number of hydrogen-bond donors (Lipinski definition) is 1. The van der Waals surface area contributed by atoms with Crippen molar-refractivity contribution in [3.8, 4) is 5.75 Å². The molecule has 3 heteroatoms. The van der Waals surface area contributed by atoms with Crippen molar-refractivity contribution < 1.29 is 9.90 Å². The van der Waals surface area contributed by atoms with E-state index in [-0.39, 0.29) is 11.5 Å². The van der Waals surface area contributed by atoms with Gasteiger partial charge in [-0.05, 0) is 18.9 Å². The molecule has 0 saturated heterocycles. The van der Waals surface area contributed by atoms with Gasteiger partial charge in [0.1, 0.15) is 5.75 Å². The van der Waals surface area contributed by atoms with E-state index in [4.69, 9.17) is 5.11 Å². The summed E-state index contributed by atoms with van der Waals surface area (Å²) in [5, 5.41) is 9.09. The Balaban J connectivity index is 2.54. The predicted octanol–water partition coefficient (Wildman–Crippen LogP) is 1.31. The van der Waals surface area contributed by atoms with E-state index in [1.165, 1.54) is 12.3 Å². The van der Waals surface area contributed by atoms with Crippen LogP contribution in [0.4, 0.5) is 0 Å². The summed E-state index contributed by atoms with van der Waals surface area (Å²) in [4.78, 5) is 15.3. The maximum atomic E-state index is 11.3. The lowest BCUT2D eigenvalue weighted by atomic mass is 9.95. The van der Waals surface area contributed by atoms with E-state index < -0.39 is 0 Å². The van der Waals surface area contributed by atoms with Crippen molar-refractivity contribution in [1.82, 2.24) is 4.98 Å². The number of rotatable bonds is 0. The van der Waals surface area contributed by atoms with E-state index >= 15 is 0 Å². The maximum absolute atomic E-state index is 11.3. The first-order chi connectivity index (χ1) is 5.77. The van der Waals surface area contributed by atoms with Crippen LogP contribution in [-0.2, 0) is 6.42 Å². The Morgan fingerprint density at radius 3 is 3.08 bits per heavy atom. The molecule has 12 heavy (non-hydrogen) atoms. The fourth-order valence-electron chi connectivity index (χ4n) is 1.47. The first kappa shape index (κ1) is 7.28. The molecule has 0 aromatic carbocycles. The Morgan fingerprint density at radius 1 is 1.42 bits per heavy atom. The Bertz CT molecular complexity index is 333. The standard InChI is InChI=1S/C9H9NO2/c11-6-4-7-8(10-5-6)2-1-3-9(7)12/h4-5,11H,1-3H2. The monoisotopic (exact) mass is 163 g/mol. The third kappa shape index (κ3) is 1.07. The molecular weight excluding hydrogens is 154 g/mol. The fourth-order valence-corrected chi connectivity index (χ4v) is 1.47. The van der Waals surface area contributed by atoms with Gasteiger partial charge in [-0.3, -0.25) is 9.78 Å². The van der Waals surface area contributed by atoms with E-state index in [2.05, 4.69) is 4.98 Å². The molecule has 0 spiro atoms. The first-order valence-electron chi connectivity index (χ1n) is 3.98. The first-order valence-corrected chi connectivity index (χ1v) is 3.98. The van der Waals surface area contributed by atoms with Crippen LogP contribution >= 0.6 is 0 Å². The summed E-state index contributed by atoms with van der Waals surface area (Å²) in [6.07, 6.45) is 3.69. The largest absolute Gasteiger partial charge is 0.506 e. The zero-order valence-corrected chi connectivity index (χ0v) is 6.58. The lowest BCUT2D eigenvalue weighted by molar-refractivity contribution is 0.0971. The van der Waals surface area contributed by atoms with Crippen molar-refractivity contribution in [2.45, 2.75) is 19.3 Å². The minimum Gasteiger partial charge on any atom is -0.506 e. The van der Waals surface area contributed by atoms with Gasteiger partial charge in [0.25, 0.3) is 0 Å². The molecular formula is C9H9NO2. The molecule has 0 fully saturated rings. The number of carbonyl (C=O) groups is 1. The van der Waals surface area contributed by atoms with Gasteiger partial charge in [-0.2, -0.15) is 0 Å². The second-order valence-corrected chi connectivity index (χ2v) is 2.96. The minimum atomic E-state index is 0.0731. The van der Waals surface area contributed by atoms with Crippen LogP contribution in [0.3, 0.4) is 0 Å². The van der Waals surface area contributed by atoms with Crippen molar-refractivity contribution in [3.63, 3.8) is 0 Å². The van der Waals surface area contributed by atoms with Crippen LogP contribution in [0.2, 0.25) is 0 Å². The number of fused-ring (bicyclic) bond motifs is 1. The molecule has 0 bridgehead atoms. The smallest absolute Gasteiger partial charge is 0.164 e. The van der Waals surface area contributed by atoms with Gasteiger partial charge in [-0.25, -0.2) is 0 Å². The number of pyridine rings is 1. The molecule has 1 aliphatic rings. The molecule has 1 aromatic rings. The van der Waals surface area contributed by atoms with Gasteiger partial charge in [0.15, 0.2) is 5.78 Å². The molecule has 0 unspecified atom stereocenters. The summed E-state index contributed by atoms with van der Waals surface area (Å²) in [6, 6.07) is 1.50. The molecule has 0 saturated carbocycles. The highest BCUT2D eigenvalue weighted by molar-refractivity contribution is 5.98. The van der Waals surface area contributed by atoms with Crippen LogP contribution < -0.4 is 0 Å². The number of ketones is 1. The summed E-state index contributed by atoms with van der Waals surface area (Å²) in [7, 11) is 0. The van der Waals surface area contributed by atoms with Gasteiger partial charge in [-0.1, -0.05) is 0 Å². The number of hydrogen-bond acceptors (Lipinski definition) is 3. The van der Waals surface area contributed by atoms with Gasteiger partial charge in [0.05, 0.1) is 11.9 Å². The molecule has 1 N–H and O–H groups in total. The Hall–Kier alpha value is -1.38. The molecule has 2 rings (SSSR count). The number of carbonyl (C=O) groups excluding carboxylic acids is 1. The summed E-state index contributed by atoms with van der Waals surface area (Å²) in [5.74, 6) is 0.170. The predicted molar refractivity (Wildman–Crippen MR) is 43.2 cm³/mol. The van der Waals surface area contributed by atoms with Crippen molar-refractivity contribution >= 4 is 5.78 Å². The number of Topliss-reactive ketones (excluding diaryl/α,β-unsaturated/α-hetero) is 1. The average Bonchev–Trinajstić information content (AvgIpc) is 2.07. The molecule has 1 heterocycles. The molecule has 1 aromatic heterocycles. The quantitative estimate of drug-likeness (QED) is 0.627. The summed E-state index contributed by atoms with van der Waals surface area (Å²) < 4.78 is 0. The zero-order chi connectivity index (χ0) is 8.55. The zero-order valence-electron chi connectivity index (χ0n) is 6.58. The van der Waals surface area contributed by atoms with Gasteiger partial charge in [0.2, 0.25) is 0 Å². The van der Waals surface area contributed by atoms with E-state index in [1.54, 1.807) is 0 Å². The Labute approximate surface area is 70.1 Å². The highest BCUT2D eigenvalue weighted by Gasteiger charge is 2.18. The molecule has 0 atom stereocenters. The number of aromatic hydroxyl groups is 1. The summed E-state index contributed by atoms with van der Waals surface area (Å²) in [5.41, 5.74) is 1.42. The van der Waals surface area contributed by atoms with E-state index in [0.29, 0.717) is 12.0 Å². The average molecular weight is 163 g/mol. The van der Waals surface area contributed by atoms with Crippen molar-refractivity contribution in [1.29, 1.82) is 0 Å². The SMILES string of the molecule is O=C1CCCc2ncc(O)cc21. The third-order valence-corrected chi connectivity index (χ3v) is 2.07. The molecule has 62 valence electrons. The van der Waals surface area contributed by atoms with Crippen molar-refractivity contribution in [2.24, 2.45) is 0 Å². The van der Waals surface area contributed by atoms with Gasteiger partial charge >= 0.3 is 0 Å². The van der Waals surface area contributed by atoms with Crippen LogP contribution in [0.1, 0.15) is 28.9 Å². The van der Waals surface area contributed by atoms with Crippen LogP contribution in [-0.4, -0.2) is 15.9 Å². The van der Waals surface area contributed by atoms with Crippen LogP contribution in [0.25, 0.3) is 0 Å². The summed E-state index contributed by atoms with van der Waals surface area (Å²) >= 11 is 0. The van der Waals surface area contributed by atoms with Crippen molar-refractivity contribution in [2.75, 3.05) is 0 Å². The fraction of sp³-hybridized carbons (Fsp3) is 0.333. The van der Waals surface area contributed by atoms with Gasteiger partial charge in [0, 0.05) is 12.0 Å². The molecule has 0 amide bonds. The lowest BCUT2D eigenvalue weighted by Crippen LogP contribution is -2.11. The van der Waals surface area contributed by atoms with Crippen molar-refractivity contribution in [3.05, 3.63) is 23.5 Å². The normalized spacial score (nSPS) is 15.8. The lowest BCUT2D eigenvalue weighted by Gasteiger charge is -2.12. The second-order valence-electron chi connectivity index (χ2n) is 2.96. The van der Waals surface area contributed by atoms with Gasteiger partial charge in [-0.15, -0.1) is 0 Å². The number of aryl methyl sites for hydroxylation is 1. The summed E-state index contributed by atoms with van der Waals surface area (Å²) in [6.45, 7) is 0. The maximum Gasteiger partial charge on any atom is 0.164 e. The van der Waals surface area contributed by atoms with E-state index in [9.17, 15) is 4.79 Å². The van der Waals surface area contributed by atoms with Crippen LogP contribution in [0.5, 0.6) is 5.75 Å². The highest BCUT2D eigenvalue weighted by atomic mass is 16.3. The number of nitrogens with zero attached hydrogens (tertiary/aromatic N) is 1. The topological polar surface area (TPSA) is 50.2 Å². The Morgan fingerprint density at radius 2 is 2.25 bits per heavy atom. The van der Waals surface area contributed by atoms with Crippen LogP contribution in [0.15, 0.2) is 12.3 Å². The molecule has 1 aliphatic carbocycles. The van der Waals surface area contributed by atoms with Gasteiger partial charge < -0.3 is 5.11 Å². The van der Waals surface area contributed by atoms with Crippen LogP contribution in [0, 0.1) is 0 Å². The molecule has 0 aliphatic heterocycles. The minimum absolute atomic E-state index is 0.0731. The highest BCUT2D eigenvalue weighted by Crippen LogP contribution is 2.22. The van der Waals surface area contributed by atoms with E-state index in [1.807, 2.05) is 0 Å². The molecule has 0 radical (unpaired) electrons. The molecule has 3 nitrogen and oxygen atoms in total.